The second-order valence-electron chi connectivity index (χ2n) is 8.00. The predicted molar refractivity (Wildman–Crippen MR) is 117 cm³/mol. The van der Waals surface area contributed by atoms with E-state index in [-0.39, 0.29) is 0 Å². The van der Waals surface area contributed by atoms with Crippen LogP contribution < -0.4 is 15.1 Å². The summed E-state index contributed by atoms with van der Waals surface area (Å²) in [7, 11) is 0. The van der Waals surface area contributed by atoms with E-state index in [1.807, 2.05) is 12.3 Å². The van der Waals surface area contributed by atoms with E-state index < -0.39 is 0 Å². The minimum absolute atomic E-state index is 0.819. The van der Waals surface area contributed by atoms with Gasteiger partial charge in [-0.1, -0.05) is 13.8 Å². The highest BCUT2D eigenvalue weighted by Gasteiger charge is 2.18. The lowest BCUT2D eigenvalue weighted by molar-refractivity contribution is 0.270. The average Bonchev–Trinajstić information content (AvgIpc) is 2.75. The Morgan fingerprint density at radius 2 is 1.64 bits per heavy atom. The highest BCUT2D eigenvalue weighted by Crippen LogP contribution is 2.25. The molecule has 1 N–H and O–H groups in total. The molecule has 4 rings (SSSR count). The van der Waals surface area contributed by atoms with Gasteiger partial charge in [0.15, 0.2) is 0 Å². The van der Waals surface area contributed by atoms with Gasteiger partial charge in [-0.15, -0.1) is 0 Å². The normalized spacial score (nSPS) is 19.1. The van der Waals surface area contributed by atoms with Crippen LogP contribution in [0.4, 0.5) is 23.1 Å². The Morgan fingerprint density at radius 1 is 0.929 bits per heavy atom. The van der Waals surface area contributed by atoms with Crippen molar-refractivity contribution >= 4 is 23.1 Å². The van der Waals surface area contributed by atoms with Gasteiger partial charge in [0.1, 0.15) is 5.82 Å². The van der Waals surface area contributed by atoms with Crippen LogP contribution in [0.25, 0.3) is 0 Å². The fraction of sp³-hybridized carbons (Fsp3) is 0.545. The second kappa shape index (κ2) is 8.78. The van der Waals surface area contributed by atoms with Crippen molar-refractivity contribution in [3.05, 3.63) is 36.5 Å². The molecule has 2 aliphatic rings. The zero-order valence-corrected chi connectivity index (χ0v) is 17.1. The van der Waals surface area contributed by atoms with E-state index in [1.54, 1.807) is 0 Å². The Labute approximate surface area is 168 Å². The first-order valence-corrected chi connectivity index (χ1v) is 10.6. The van der Waals surface area contributed by atoms with Gasteiger partial charge in [0.05, 0.1) is 0 Å². The fourth-order valence-corrected chi connectivity index (χ4v) is 4.00. The molecule has 2 fully saturated rings. The molecule has 2 aromatic rings. The van der Waals surface area contributed by atoms with Crippen LogP contribution >= 0.6 is 0 Å². The Kier molecular flexibility index (Phi) is 5.95. The van der Waals surface area contributed by atoms with E-state index in [9.17, 15) is 0 Å². The maximum absolute atomic E-state index is 4.74. The highest BCUT2D eigenvalue weighted by atomic mass is 15.3. The number of piperidine rings is 1. The third kappa shape index (κ3) is 4.55. The Morgan fingerprint density at radius 3 is 2.32 bits per heavy atom. The summed E-state index contributed by atoms with van der Waals surface area (Å²) >= 11 is 0. The van der Waals surface area contributed by atoms with Crippen LogP contribution in [0.5, 0.6) is 0 Å². The van der Waals surface area contributed by atoms with Gasteiger partial charge in [-0.25, -0.2) is 4.98 Å². The molecular weight excluding hydrogens is 348 g/mol. The smallest absolute Gasteiger partial charge is 0.227 e. The lowest BCUT2D eigenvalue weighted by Gasteiger charge is -2.34. The molecule has 0 atom stereocenters. The number of rotatable bonds is 5. The third-order valence-corrected chi connectivity index (χ3v) is 6.03. The molecule has 0 bridgehead atoms. The van der Waals surface area contributed by atoms with Crippen molar-refractivity contribution in [2.75, 3.05) is 60.9 Å². The molecule has 2 saturated heterocycles. The van der Waals surface area contributed by atoms with Crippen molar-refractivity contribution in [1.82, 2.24) is 14.9 Å². The van der Waals surface area contributed by atoms with E-state index in [0.717, 1.165) is 69.2 Å². The standard InChI is InChI=1S/C22H32N6/c1-3-26-14-16-28(17-15-26)22-23-11-8-21(25-22)24-19-4-6-20(7-5-19)27-12-9-18(2)10-13-27/h4-8,11,18H,3,9-10,12-17H2,1-2H3,(H,23,24,25). The molecule has 0 amide bonds. The summed E-state index contributed by atoms with van der Waals surface area (Å²) < 4.78 is 0. The molecule has 3 heterocycles. The van der Waals surface area contributed by atoms with Crippen LogP contribution in [-0.2, 0) is 0 Å². The zero-order valence-electron chi connectivity index (χ0n) is 17.1. The number of hydrogen-bond donors (Lipinski definition) is 1. The molecule has 0 aliphatic carbocycles. The highest BCUT2D eigenvalue weighted by molar-refractivity contribution is 5.61. The summed E-state index contributed by atoms with van der Waals surface area (Å²) in [5.41, 5.74) is 2.38. The summed E-state index contributed by atoms with van der Waals surface area (Å²) in [6, 6.07) is 10.7. The van der Waals surface area contributed by atoms with Crippen molar-refractivity contribution in [2.24, 2.45) is 5.92 Å². The Hall–Kier alpha value is -2.34. The molecule has 0 unspecified atom stereocenters. The van der Waals surface area contributed by atoms with E-state index in [0.29, 0.717) is 0 Å². The van der Waals surface area contributed by atoms with Crippen molar-refractivity contribution in [2.45, 2.75) is 26.7 Å². The van der Waals surface area contributed by atoms with Crippen LogP contribution in [0.1, 0.15) is 26.7 Å². The first kappa shape index (κ1) is 19.0. The van der Waals surface area contributed by atoms with Gasteiger partial charge < -0.3 is 20.0 Å². The van der Waals surface area contributed by atoms with Crippen molar-refractivity contribution in [3.63, 3.8) is 0 Å². The minimum atomic E-state index is 0.819. The van der Waals surface area contributed by atoms with Crippen LogP contribution in [0.15, 0.2) is 36.5 Å². The van der Waals surface area contributed by atoms with Crippen LogP contribution in [0.3, 0.4) is 0 Å². The molecule has 0 saturated carbocycles. The molecule has 28 heavy (non-hydrogen) atoms. The summed E-state index contributed by atoms with van der Waals surface area (Å²) in [5, 5.41) is 3.43. The number of likely N-dealkylation sites (N-methyl/N-ethyl adjacent to an activating group) is 1. The van der Waals surface area contributed by atoms with Gasteiger partial charge in [-0.2, -0.15) is 4.98 Å². The summed E-state index contributed by atoms with van der Waals surface area (Å²) in [6.45, 7) is 12.1. The van der Waals surface area contributed by atoms with Gasteiger partial charge in [0.2, 0.25) is 5.95 Å². The Bertz CT molecular complexity index is 746. The van der Waals surface area contributed by atoms with E-state index in [1.165, 1.54) is 18.5 Å². The van der Waals surface area contributed by atoms with Crippen molar-refractivity contribution in [3.8, 4) is 0 Å². The van der Waals surface area contributed by atoms with Crippen LogP contribution in [0.2, 0.25) is 0 Å². The molecule has 2 aliphatic heterocycles. The number of piperazine rings is 1. The topological polar surface area (TPSA) is 47.5 Å². The number of hydrogen-bond acceptors (Lipinski definition) is 6. The van der Waals surface area contributed by atoms with E-state index in [4.69, 9.17) is 4.98 Å². The molecular formula is C22H32N6. The zero-order chi connectivity index (χ0) is 19.3. The number of aromatic nitrogens is 2. The lowest BCUT2D eigenvalue weighted by atomic mass is 9.99. The Balaban J connectivity index is 1.38. The van der Waals surface area contributed by atoms with E-state index in [2.05, 4.69) is 63.1 Å². The molecule has 0 radical (unpaired) electrons. The van der Waals surface area contributed by atoms with Crippen molar-refractivity contribution < 1.29 is 0 Å². The average molecular weight is 381 g/mol. The first-order valence-electron chi connectivity index (χ1n) is 10.6. The van der Waals surface area contributed by atoms with Crippen LogP contribution in [0, 0.1) is 5.92 Å². The lowest BCUT2D eigenvalue weighted by Crippen LogP contribution is -2.46. The molecule has 0 spiro atoms. The van der Waals surface area contributed by atoms with Gasteiger partial charge in [-0.3, -0.25) is 0 Å². The van der Waals surface area contributed by atoms with Gasteiger partial charge in [0, 0.05) is 56.8 Å². The summed E-state index contributed by atoms with van der Waals surface area (Å²) in [6.07, 6.45) is 4.42. The molecule has 1 aromatic heterocycles. The van der Waals surface area contributed by atoms with Gasteiger partial charge in [0.25, 0.3) is 0 Å². The number of nitrogens with one attached hydrogen (secondary N) is 1. The predicted octanol–water partition coefficient (Wildman–Crippen LogP) is 3.60. The third-order valence-electron chi connectivity index (χ3n) is 6.03. The second-order valence-corrected chi connectivity index (χ2v) is 8.00. The number of nitrogens with zero attached hydrogens (tertiary/aromatic N) is 5. The van der Waals surface area contributed by atoms with Crippen LogP contribution in [-0.4, -0.2) is 60.7 Å². The summed E-state index contributed by atoms with van der Waals surface area (Å²) in [5.74, 6) is 2.52. The quantitative estimate of drug-likeness (QED) is 0.855. The maximum Gasteiger partial charge on any atom is 0.227 e. The monoisotopic (exact) mass is 380 g/mol. The number of anilines is 4. The molecule has 6 heteroatoms. The number of benzene rings is 1. The van der Waals surface area contributed by atoms with E-state index >= 15 is 0 Å². The maximum atomic E-state index is 4.74. The molecule has 1 aromatic carbocycles. The van der Waals surface area contributed by atoms with Crippen molar-refractivity contribution in [1.29, 1.82) is 0 Å². The largest absolute Gasteiger partial charge is 0.372 e. The van der Waals surface area contributed by atoms with Gasteiger partial charge >= 0.3 is 0 Å². The van der Waals surface area contributed by atoms with Gasteiger partial charge in [-0.05, 0) is 55.6 Å². The first-order chi connectivity index (χ1) is 13.7. The fourth-order valence-electron chi connectivity index (χ4n) is 4.00. The minimum Gasteiger partial charge on any atom is -0.372 e. The molecule has 6 nitrogen and oxygen atoms in total. The SMILES string of the molecule is CCN1CCN(c2nccc(Nc3ccc(N4CCC(C)CC4)cc3)n2)CC1. The molecule has 150 valence electrons. The summed E-state index contributed by atoms with van der Waals surface area (Å²) in [4.78, 5) is 16.5.